The van der Waals surface area contributed by atoms with Gasteiger partial charge in [0.2, 0.25) is 0 Å². The van der Waals surface area contributed by atoms with Crippen molar-refractivity contribution in [2.45, 2.75) is 31.3 Å². The summed E-state index contributed by atoms with van der Waals surface area (Å²) in [5, 5.41) is 14.2. The Hall–Kier alpha value is -1.15. The highest BCUT2D eigenvalue weighted by atomic mass is 16.7. The molecule has 1 unspecified atom stereocenters. The summed E-state index contributed by atoms with van der Waals surface area (Å²) in [4.78, 5) is 2.24. The van der Waals surface area contributed by atoms with Crippen molar-refractivity contribution in [3.05, 3.63) is 12.4 Å². The van der Waals surface area contributed by atoms with Gasteiger partial charge in [-0.3, -0.25) is 4.68 Å². The first kappa shape index (κ1) is 13.8. The predicted molar refractivity (Wildman–Crippen MR) is 73.0 cm³/mol. The van der Waals surface area contributed by atoms with Gasteiger partial charge >= 0.3 is 0 Å². The second-order valence-corrected chi connectivity index (χ2v) is 5.56. The van der Waals surface area contributed by atoms with E-state index >= 15 is 0 Å². The number of aromatic nitrogens is 2. The van der Waals surface area contributed by atoms with Crippen LogP contribution in [0.15, 0.2) is 12.4 Å². The molecule has 20 heavy (non-hydrogen) atoms. The zero-order valence-corrected chi connectivity index (χ0v) is 11.6. The Balaban J connectivity index is 1.44. The third-order valence-electron chi connectivity index (χ3n) is 3.95. The Morgan fingerprint density at radius 1 is 1.30 bits per heavy atom. The molecule has 1 aromatic rings. The molecule has 1 spiro atoms. The molecule has 3 rings (SSSR count). The van der Waals surface area contributed by atoms with E-state index in [1.807, 2.05) is 0 Å². The van der Waals surface area contributed by atoms with Gasteiger partial charge < -0.3 is 25.2 Å². The number of ether oxygens (including phenoxy) is 2. The Morgan fingerprint density at radius 2 is 2.00 bits per heavy atom. The highest BCUT2D eigenvalue weighted by Crippen LogP contribution is 2.31. The van der Waals surface area contributed by atoms with Gasteiger partial charge in [0.15, 0.2) is 5.79 Å². The van der Waals surface area contributed by atoms with E-state index in [0.717, 1.165) is 25.9 Å². The summed E-state index contributed by atoms with van der Waals surface area (Å²) in [6.07, 6.45) is 4.61. The molecule has 3 N–H and O–H groups in total. The van der Waals surface area contributed by atoms with Crippen LogP contribution in [0.3, 0.4) is 0 Å². The molecular formula is C13H22N4O3. The van der Waals surface area contributed by atoms with Gasteiger partial charge in [-0.05, 0) is 0 Å². The topological polar surface area (TPSA) is 85.8 Å². The van der Waals surface area contributed by atoms with Gasteiger partial charge in [0.25, 0.3) is 0 Å². The molecular weight excluding hydrogens is 260 g/mol. The zero-order valence-electron chi connectivity index (χ0n) is 11.6. The van der Waals surface area contributed by atoms with Crippen LogP contribution < -0.4 is 5.73 Å². The lowest BCUT2D eigenvalue weighted by atomic mass is 10.0. The molecule has 7 heteroatoms. The third kappa shape index (κ3) is 3.12. The normalized spacial score (nSPS) is 24.2. The fourth-order valence-corrected chi connectivity index (χ4v) is 2.91. The SMILES string of the molecule is Nc1cnn(CC(O)CN2CCC3(CC2)OCCO3)c1. The molecule has 0 aliphatic carbocycles. The number of nitrogen functional groups attached to an aromatic ring is 1. The van der Waals surface area contributed by atoms with Crippen molar-refractivity contribution in [2.24, 2.45) is 0 Å². The lowest BCUT2D eigenvalue weighted by Crippen LogP contribution is -2.47. The van der Waals surface area contributed by atoms with Crippen LogP contribution in [-0.2, 0) is 16.0 Å². The van der Waals surface area contributed by atoms with E-state index in [0.29, 0.717) is 32.0 Å². The number of anilines is 1. The van der Waals surface area contributed by atoms with Gasteiger partial charge in [-0.25, -0.2) is 0 Å². The zero-order chi connectivity index (χ0) is 14.0. The second-order valence-electron chi connectivity index (χ2n) is 5.56. The summed E-state index contributed by atoms with van der Waals surface area (Å²) in [7, 11) is 0. The smallest absolute Gasteiger partial charge is 0.170 e. The maximum atomic E-state index is 10.1. The van der Waals surface area contributed by atoms with Crippen LogP contribution in [0.2, 0.25) is 0 Å². The van der Waals surface area contributed by atoms with Gasteiger partial charge in [-0.15, -0.1) is 0 Å². The van der Waals surface area contributed by atoms with E-state index in [4.69, 9.17) is 15.2 Å². The lowest BCUT2D eigenvalue weighted by molar-refractivity contribution is -0.186. The molecule has 2 saturated heterocycles. The first-order chi connectivity index (χ1) is 9.65. The monoisotopic (exact) mass is 282 g/mol. The Kier molecular flexibility index (Phi) is 3.93. The van der Waals surface area contributed by atoms with Crippen molar-refractivity contribution in [2.75, 3.05) is 38.6 Å². The van der Waals surface area contributed by atoms with E-state index in [9.17, 15) is 5.11 Å². The summed E-state index contributed by atoms with van der Waals surface area (Å²) < 4.78 is 13.1. The van der Waals surface area contributed by atoms with Crippen LogP contribution in [0, 0.1) is 0 Å². The molecule has 2 fully saturated rings. The number of nitrogens with two attached hydrogens (primary N) is 1. The van der Waals surface area contributed by atoms with Crippen molar-refractivity contribution >= 4 is 5.69 Å². The largest absolute Gasteiger partial charge is 0.396 e. The highest BCUT2D eigenvalue weighted by Gasteiger charge is 2.39. The average Bonchev–Trinajstić information content (AvgIpc) is 3.03. The number of aliphatic hydroxyl groups is 1. The summed E-state index contributed by atoms with van der Waals surface area (Å²) >= 11 is 0. The van der Waals surface area contributed by atoms with Gasteiger partial charge in [0, 0.05) is 38.7 Å². The standard InChI is InChI=1S/C13H22N4O3/c14-11-7-15-17(8-11)10-12(18)9-16-3-1-13(2-4-16)19-5-6-20-13/h7-8,12,18H,1-6,9-10,14H2. The van der Waals surface area contributed by atoms with E-state index in [1.54, 1.807) is 17.1 Å². The third-order valence-corrected chi connectivity index (χ3v) is 3.95. The highest BCUT2D eigenvalue weighted by molar-refractivity contribution is 5.30. The van der Waals surface area contributed by atoms with Crippen molar-refractivity contribution in [1.29, 1.82) is 0 Å². The molecule has 0 bridgehead atoms. The van der Waals surface area contributed by atoms with Crippen molar-refractivity contribution < 1.29 is 14.6 Å². The number of β-amino-alcohol motifs (C(OH)–C–C–N with tert-alkyl or cyclic N) is 1. The minimum absolute atomic E-state index is 0.349. The van der Waals surface area contributed by atoms with E-state index in [1.165, 1.54) is 0 Å². The van der Waals surface area contributed by atoms with Gasteiger partial charge in [0.1, 0.15) is 0 Å². The molecule has 112 valence electrons. The number of hydrogen-bond donors (Lipinski definition) is 2. The lowest BCUT2D eigenvalue weighted by Gasteiger charge is -2.38. The molecule has 0 aromatic carbocycles. The molecule has 7 nitrogen and oxygen atoms in total. The van der Waals surface area contributed by atoms with Gasteiger partial charge in [0.05, 0.1) is 37.7 Å². The minimum Gasteiger partial charge on any atom is -0.396 e. The molecule has 1 aromatic heterocycles. The quantitative estimate of drug-likeness (QED) is 0.786. The van der Waals surface area contributed by atoms with Crippen molar-refractivity contribution in [1.82, 2.24) is 14.7 Å². The van der Waals surface area contributed by atoms with Gasteiger partial charge in [-0.2, -0.15) is 5.10 Å². The number of aliphatic hydroxyl groups excluding tert-OH is 1. The molecule has 2 aliphatic rings. The fraction of sp³-hybridized carbons (Fsp3) is 0.769. The molecule has 3 heterocycles. The molecule has 0 amide bonds. The summed E-state index contributed by atoms with van der Waals surface area (Å²) in [6.45, 7) is 4.27. The average molecular weight is 282 g/mol. The second kappa shape index (κ2) is 5.69. The predicted octanol–water partition coefficient (Wildman–Crippen LogP) is -0.335. The minimum atomic E-state index is -0.450. The van der Waals surface area contributed by atoms with Crippen LogP contribution in [0.1, 0.15) is 12.8 Å². The summed E-state index contributed by atoms with van der Waals surface area (Å²) in [6, 6.07) is 0. The number of likely N-dealkylation sites (tertiary alicyclic amines) is 1. The van der Waals surface area contributed by atoms with Crippen molar-refractivity contribution in [3.63, 3.8) is 0 Å². The molecule has 2 aliphatic heterocycles. The Morgan fingerprint density at radius 3 is 2.60 bits per heavy atom. The van der Waals surface area contributed by atoms with Crippen LogP contribution in [0.25, 0.3) is 0 Å². The van der Waals surface area contributed by atoms with Crippen LogP contribution >= 0.6 is 0 Å². The number of piperidine rings is 1. The number of nitrogens with zero attached hydrogens (tertiary/aromatic N) is 3. The van der Waals surface area contributed by atoms with Crippen molar-refractivity contribution in [3.8, 4) is 0 Å². The fourth-order valence-electron chi connectivity index (χ4n) is 2.91. The molecule has 0 radical (unpaired) electrons. The Labute approximate surface area is 118 Å². The maximum Gasteiger partial charge on any atom is 0.170 e. The first-order valence-electron chi connectivity index (χ1n) is 7.11. The summed E-state index contributed by atoms with van der Waals surface area (Å²) in [5.74, 6) is -0.349. The van der Waals surface area contributed by atoms with E-state index in [-0.39, 0.29) is 5.79 Å². The van der Waals surface area contributed by atoms with Crippen LogP contribution in [-0.4, -0.2) is 64.5 Å². The van der Waals surface area contributed by atoms with Gasteiger partial charge in [-0.1, -0.05) is 0 Å². The van der Waals surface area contributed by atoms with Crippen LogP contribution in [0.4, 0.5) is 5.69 Å². The van der Waals surface area contributed by atoms with E-state index < -0.39 is 6.10 Å². The number of rotatable bonds is 4. The van der Waals surface area contributed by atoms with Crippen LogP contribution in [0.5, 0.6) is 0 Å². The van der Waals surface area contributed by atoms with E-state index in [2.05, 4.69) is 10.00 Å². The molecule has 0 saturated carbocycles. The summed E-state index contributed by atoms with van der Waals surface area (Å²) in [5.41, 5.74) is 6.22. The Bertz CT molecular complexity index is 435. The maximum absolute atomic E-state index is 10.1. The first-order valence-corrected chi connectivity index (χ1v) is 7.11. The molecule has 1 atom stereocenters. The number of hydrogen-bond acceptors (Lipinski definition) is 6.